The maximum atomic E-state index is 9.08. The molecular formula is C51H34N4. The van der Waals surface area contributed by atoms with E-state index in [4.69, 9.17) is 27.3 Å². The van der Waals surface area contributed by atoms with Crippen molar-refractivity contribution in [1.29, 1.82) is 0 Å². The number of rotatable bonds is 7. The van der Waals surface area contributed by atoms with Gasteiger partial charge >= 0.3 is 0 Å². The van der Waals surface area contributed by atoms with Crippen LogP contribution in [0.4, 0.5) is 0 Å². The zero-order valence-electron chi connectivity index (χ0n) is 38.2. The first-order chi connectivity index (χ1) is 31.0. The molecule has 10 rings (SSSR count). The van der Waals surface area contributed by atoms with Gasteiger partial charge in [0.25, 0.3) is 0 Å². The Balaban J connectivity index is 1.10. The van der Waals surface area contributed by atoms with Crippen LogP contribution in [0, 0.1) is 0 Å². The summed E-state index contributed by atoms with van der Waals surface area (Å²) in [6.45, 7) is 0. The normalized spacial score (nSPS) is 13.6. The third kappa shape index (κ3) is 6.06. The zero-order chi connectivity index (χ0) is 44.4. The molecule has 0 atom stereocenters. The molecule has 4 nitrogen and oxygen atoms in total. The lowest BCUT2D eigenvalue weighted by Gasteiger charge is -2.13. The number of hydrogen-bond acceptors (Lipinski definition) is 3. The van der Waals surface area contributed by atoms with E-state index in [2.05, 4.69) is 24.3 Å². The van der Waals surface area contributed by atoms with Crippen LogP contribution in [-0.4, -0.2) is 19.5 Å². The molecule has 0 spiro atoms. The average Bonchev–Trinajstić information content (AvgIpc) is 3.70. The van der Waals surface area contributed by atoms with Gasteiger partial charge in [-0.15, -0.1) is 0 Å². The van der Waals surface area contributed by atoms with Gasteiger partial charge < -0.3 is 4.57 Å². The van der Waals surface area contributed by atoms with E-state index in [0.29, 0.717) is 34.1 Å². The Morgan fingerprint density at radius 3 is 1.60 bits per heavy atom. The maximum Gasteiger partial charge on any atom is 0.164 e. The van der Waals surface area contributed by atoms with Gasteiger partial charge in [-0.2, -0.15) is 0 Å². The van der Waals surface area contributed by atoms with Crippen LogP contribution in [0.15, 0.2) is 206 Å². The van der Waals surface area contributed by atoms with Crippen LogP contribution < -0.4 is 0 Å². The molecule has 0 fully saturated rings. The van der Waals surface area contributed by atoms with E-state index in [1.165, 1.54) is 0 Å². The Bertz CT molecular complexity index is 3440. The fourth-order valence-corrected chi connectivity index (χ4v) is 7.04. The lowest BCUT2D eigenvalue weighted by molar-refractivity contribution is 1.07. The molecule has 0 N–H and O–H groups in total. The van der Waals surface area contributed by atoms with Gasteiger partial charge in [-0.3, -0.25) is 0 Å². The summed E-state index contributed by atoms with van der Waals surface area (Å²) in [5.41, 5.74) is 7.74. The van der Waals surface area contributed by atoms with Gasteiger partial charge in [0, 0.05) is 38.7 Å². The van der Waals surface area contributed by atoms with Crippen LogP contribution in [0.25, 0.3) is 95.0 Å². The topological polar surface area (TPSA) is 43.6 Å². The van der Waals surface area contributed by atoms with E-state index in [0.717, 1.165) is 38.9 Å². The second kappa shape index (κ2) is 13.8. The fraction of sp³-hybridized carbons (Fsp3) is 0. The number of nitrogens with zero attached hydrogens (tertiary/aromatic N) is 4. The summed E-state index contributed by atoms with van der Waals surface area (Å²) in [6.07, 6.45) is 0. The number of fused-ring (bicyclic) bond motifs is 3. The number of benzene rings is 8. The second-order valence-electron chi connectivity index (χ2n) is 13.0. The summed E-state index contributed by atoms with van der Waals surface area (Å²) < 4.78 is 79.6. The van der Waals surface area contributed by atoms with Crippen molar-refractivity contribution in [1.82, 2.24) is 19.5 Å². The monoisotopic (exact) mass is 711 g/mol. The van der Waals surface area contributed by atoms with Crippen LogP contribution in [0.1, 0.15) is 12.3 Å². The van der Waals surface area contributed by atoms with Crippen molar-refractivity contribution in [3.63, 3.8) is 0 Å². The van der Waals surface area contributed by atoms with E-state index in [1.807, 2.05) is 109 Å². The van der Waals surface area contributed by atoms with Crippen molar-refractivity contribution in [2.75, 3.05) is 0 Å². The van der Waals surface area contributed by atoms with Crippen molar-refractivity contribution < 1.29 is 12.3 Å². The minimum atomic E-state index is -0.521. The smallest absolute Gasteiger partial charge is 0.164 e. The van der Waals surface area contributed by atoms with E-state index in [1.54, 1.807) is 22.8 Å². The highest BCUT2D eigenvalue weighted by Crippen LogP contribution is 2.38. The summed E-state index contributed by atoms with van der Waals surface area (Å²) in [7, 11) is 0. The van der Waals surface area contributed by atoms with Crippen molar-refractivity contribution >= 4 is 21.8 Å². The Morgan fingerprint density at radius 1 is 0.364 bits per heavy atom. The Labute approximate surface area is 332 Å². The Kier molecular flexibility index (Phi) is 6.04. The quantitative estimate of drug-likeness (QED) is 0.165. The first kappa shape index (κ1) is 24.0. The molecule has 0 saturated carbocycles. The van der Waals surface area contributed by atoms with Crippen molar-refractivity contribution in [2.24, 2.45) is 0 Å². The summed E-state index contributed by atoms with van der Waals surface area (Å²) in [6, 6.07) is 44.9. The minimum Gasteiger partial charge on any atom is -0.309 e. The van der Waals surface area contributed by atoms with Gasteiger partial charge in [-0.1, -0.05) is 182 Å². The highest BCUT2D eigenvalue weighted by atomic mass is 15.0. The Hall–Kier alpha value is -7.43. The first-order valence-electron chi connectivity index (χ1n) is 22.3. The van der Waals surface area contributed by atoms with E-state index >= 15 is 0 Å². The van der Waals surface area contributed by atoms with E-state index in [9.17, 15) is 0 Å². The standard InChI is InChI=1S/C51H34N4/c1-4-14-35(15-5-1)36-26-28-40(29-27-36)50-52-49(39-18-8-3-9-19-39)53-51(54-50)42-21-12-20-41(34-42)37-30-32-43(33-31-37)55-47-25-11-10-22-45(47)46-24-13-23-44(48(46)55)38-16-6-2-7-17-38/h1-34H/i2D,6D,7D,10D,11D,16D,17D,22D,25D. The van der Waals surface area contributed by atoms with Gasteiger partial charge in [0.05, 0.1) is 23.4 Å². The fourth-order valence-electron chi connectivity index (χ4n) is 7.04. The lowest BCUT2D eigenvalue weighted by atomic mass is 10.0. The molecule has 2 heterocycles. The molecule has 0 amide bonds. The molecule has 0 unspecified atom stereocenters. The third-order valence-electron chi connectivity index (χ3n) is 9.69. The number of para-hydroxylation sites is 2. The van der Waals surface area contributed by atoms with E-state index in [-0.39, 0.29) is 34.1 Å². The number of aromatic nitrogens is 4. The minimum absolute atomic E-state index is 0.0366. The van der Waals surface area contributed by atoms with Gasteiger partial charge in [0.2, 0.25) is 0 Å². The molecule has 0 aliphatic carbocycles. The highest BCUT2D eigenvalue weighted by molar-refractivity contribution is 6.13. The van der Waals surface area contributed by atoms with Crippen LogP contribution in [0.2, 0.25) is 0 Å². The van der Waals surface area contributed by atoms with Gasteiger partial charge in [-0.25, -0.2) is 15.0 Å². The highest BCUT2D eigenvalue weighted by Gasteiger charge is 2.17. The molecule has 0 saturated heterocycles. The number of hydrogen-bond donors (Lipinski definition) is 0. The molecule has 2 aromatic heterocycles. The van der Waals surface area contributed by atoms with Gasteiger partial charge in [0.1, 0.15) is 0 Å². The first-order valence-corrected chi connectivity index (χ1v) is 17.8. The van der Waals surface area contributed by atoms with E-state index < -0.39 is 42.3 Å². The van der Waals surface area contributed by atoms with Crippen LogP contribution in [0.5, 0.6) is 0 Å². The average molecular weight is 712 g/mol. The summed E-state index contributed by atoms with van der Waals surface area (Å²) >= 11 is 0. The second-order valence-corrected chi connectivity index (χ2v) is 13.0. The lowest BCUT2D eigenvalue weighted by Crippen LogP contribution is -2.00. The molecule has 0 aliphatic rings. The van der Waals surface area contributed by atoms with Crippen molar-refractivity contribution in [3.8, 4) is 73.2 Å². The molecule has 0 bridgehead atoms. The molecule has 0 aliphatic heterocycles. The molecule has 55 heavy (non-hydrogen) atoms. The van der Waals surface area contributed by atoms with Gasteiger partial charge in [0.15, 0.2) is 17.5 Å². The predicted octanol–water partition coefficient (Wildman–Crippen LogP) is 13.0. The summed E-state index contributed by atoms with van der Waals surface area (Å²) in [4.78, 5) is 14.8. The molecule has 258 valence electrons. The van der Waals surface area contributed by atoms with Crippen LogP contribution in [0.3, 0.4) is 0 Å². The maximum absolute atomic E-state index is 9.08. The largest absolute Gasteiger partial charge is 0.309 e. The molecule has 0 radical (unpaired) electrons. The molecule has 4 heteroatoms. The predicted molar refractivity (Wildman–Crippen MR) is 227 cm³/mol. The molecular weight excluding hydrogens is 669 g/mol. The van der Waals surface area contributed by atoms with Gasteiger partial charge in [-0.05, 0) is 52.1 Å². The zero-order valence-corrected chi connectivity index (χ0v) is 29.2. The van der Waals surface area contributed by atoms with Crippen LogP contribution in [-0.2, 0) is 0 Å². The Morgan fingerprint density at radius 2 is 0.873 bits per heavy atom. The van der Waals surface area contributed by atoms with Crippen molar-refractivity contribution in [2.45, 2.75) is 0 Å². The van der Waals surface area contributed by atoms with Crippen molar-refractivity contribution in [3.05, 3.63) is 206 Å². The molecule has 8 aromatic carbocycles. The summed E-state index contributed by atoms with van der Waals surface area (Å²) in [5.74, 6) is 1.56. The third-order valence-corrected chi connectivity index (χ3v) is 9.69. The summed E-state index contributed by atoms with van der Waals surface area (Å²) in [5, 5.41) is 0.701. The molecule has 10 aromatic rings. The van der Waals surface area contributed by atoms with Crippen LogP contribution >= 0.6 is 0 Å². The SMILES string of the molecule is [2H]c1c([2H])c([2H])c(-c2cccc3c4c([2H])c([2H])c([2H])c([2H])c4n(-c4ccc(-c5cccc(-c6nc(-c7ccccc7)nc(-c7ccc(-c8ccccc8)cc7)n6)c5)cc4)c23)c([2H])c1[2H].